The van der Waals surface area contributed by atoms with Crippen molar-refractivity contribution in [3.8, 4) is 17.0 Å². The van der Waals surface area contributed by atoms with Crippen LogP contribution in [0.25, 0.3) is 17.0 Å². The Balaban J connectivity index is 1.35. The summed E-state index contributed by atoms with van der Waals surface area (Å²) >= 11 is 6.06. The van der Waals surface area contributed by atoms with E-state index in [1.807, 2.05) is 31.2 Å². The van der Waals surface area contributed by atoms with E-state index in [1.54, 1.807) is 12.3 Å². The van der Waals surface area contributed by atoms with E-state index in [2.05, 4.69) is 37.0 Å². The molecule has 0 amide bonds. The zero-order chi connectivity index (χ0) is 29.9. The molecule has 0 radical (unpaired) electrons. The van der Waals surface area contributed by atoms with Crippen molar-refractivity contribution in [2.45, 2.75) is 25.8 Å². The maximum Gasteiger partial charge on any atom is 0.132 e. The molecule has 0 bridgehead atoms. The molecule has 11 heteroatoms. The van der Waals surface area contributed by atoms with Gasteiger partial charge in [-0.25, -0.2) is 4.39 Å². The number of aromatic nitrogens is 2. The zero-order valence-corrected chi connectivity index (χ0v) is 24.6. The molecule has 1 saturated heterocycles. The van der Waals surface area contributed by atoms with Crippen LogP contribution in [-0.2, 0) is 0 Å². The number of rotatable bonds is 14. The number of aliphatic hydroxyl groups is 2. The lowest BCUT2D eigenvalue weighted by atomic mass is 10.1. The molecule has 42 heavy (non-hydrogen) atoms. The van der Waals surface area contributed by atoms with E-state index >= 15 is 0 Å². The summed E-state index contributed by atoms with van der Waals surface area (Å²) < 4.78 is 20.5. The largest absolute Gasteiger partial charge is 0.492 e. The monoisotopic (exact) mass is 596 g/mol. The number of allylic oxidation sites excluding steroid dienone is 1. The minimum Gasteiger partial charge on any atom is -0.492 e. The quantitative estimate of drug-likeness (QED) is 0.226. The van der Waals surface area contributed by atoms with E-state index in [1.165, 1.54) is 18.2 Å². The SMILES string of the molecule is C=Nc1cc(OCCN2CCN(C(CCO)CCO)CC2)ccc1/C(=C\C)Nc1cnnc(-c2cc(Cl)ccc2F)c1. The summed E-state index contributed by atoms with van der Waals surface area (Å²) in [7, 11) is 0. The number of anilines is 1. The molecule has 0 atom stereocenters. The first kappa shape index (κ1) is 31.5. The fraction of sp³-hybridized carbons (Fsp3) is 0.387. The number of aliphatic imine (C=N–C) groups is 1. The molecule has 0 saturated carbocycles. The van der Waals surface area contributed by atoms with Crippen LogP contribution < -0.4 is 10.1 Å². The fourth-order valence-corrected chi connectivity index (χ4v) is 5.30. The summed E-state index contributed by atoms with van der Waals surface area (Å²) in [4.78, 5) is 8.95. The number of benzene rings is 2. The number of piperazine rings is 1. The van der Waals surface area contributed by atoms with Gasteiger partial charge in [-0.15, -0.1) is 0 Å². The molecule has 0 aliphatic carbocycles. The lowest BCUT2D eigenvalue weighted by Gasteiger charge is -2.39. The molecule has 2 aromatic carbocycles. The van der Waals surface area contributed by atoms with Crippen LogP contribution in [0, 0.1) is 5.82 Å². The van der Waals surface area contributed by atoms with Gasteiger partial charge in [0, 0.05) is 79.9 Å². The topological polar surface area (TPSA) is 106 Å². The third kappa shape index (κ3) is 8.33. The highest BCUT2D eigenvalue weighted by molar-refractivity contribution is 6.30. The van der Waals surface area contributed by atoms with E-state index < -0.39 is 5.82 Å². The molecule has 1 aliphatic heterocycles. The third-order valence-electron chi connectivity index (χ3n) is 7.38. The molecule has 1 aromatic heterocycles. The second-order valence-electron chi connectivity index (χ2n) is 10.0. The molecule has 4 rings (SSSR count). The predicted molar refractivity (Wildman–Crippen MR) is 166 cm³/mol. The van der Waals surface area contributed by atoms with Crippen LogP contribution in [0.4, 0.5) is 15.8 Å². The highest BCUT2D eigenvalue weighted by Gasteiger charge is 2.23. The standard InChI is InChI=1S/C31H38ClFN6O3/c1-3-29(36-23-19-31(37-35-21-23)27-18-22(32)4-7-28(27)33)26-6-5-25(20-30(26)34-2)42-17-14-38-10-12-39(13-11-38)24(8-15-40)9-16-41/h3-7,18-21,24,40-41H,2,8-17H2,1H3,(H,36,37)/b29-3+. The van der Waals surface area contributed by atoms with Crippen molar-refractivity contribution in [2.75, 3.05) is 57.9 Å². The number of halogens is 2. The van der Waals surface area contributed by atoms with Crippen LogP contribution in [0.15, 0.2) is 59.7 Å². The first-order valence-corrected chi connectivity index (χ1v) is 14.5. The zero-order valence-electron chi connectivity index (χ0n) is 23.8. The van der Waals surface area contributed by atoms with Gasteiger partial charge in [0.25, 0.3) is 0 Å². The van der Waals surface area contributed by atoms with Crippen molar-refractivity contribution in [3.63, 3.8) is 0 Å². The Hall–Kier alpha value is -3.41. The van der Waals surface area contributed by atoms with Gasteiger partial charge in [-0.1, -0.05) is 17.7 Å². The van der Waals surface area contributed by atoms with Crippen molar-refractivity contribution in [2.24, 2.45) is 4.99 Å². The summed E-state index contributed by atoms with van der Waals surface area (Å²) in [5, 5.41) is 30.5. The van der Waals surface area contributed by atoms with Crippen molar-refractivity contribution in [1.29, 1.82) is 0 Å². The maximum atomic E-state index is 14.4. The number of hydrogen-bond donors (Lipinski definition) is 3. The van der Waals surface area contributed by atoms with Crippen LogP contribution in [0.2, 0.25) is 5.02 Å². The summed E-state index contributed by atoms with van der Waals surface area (Å²) in [6.45, 7) is 10.9. The maximum absolute atomic E-state index is 14.4. The third-order valence-corrected chi connectivity index (χ3v) is 7.62. The summed E-state index contributed by atoms with van der Waals surface area (Å²) in [6, 6.07) is 11.9. The van der Waals surface area contributed by atoms with Gasteiger partial charge in [0.2, 0.25) is 0 Å². The molecule has 224 valence electrons. The van der Waals surface area contributed by atoms with Gasteiger partial charge in [0.1, 0.15) is 18.2 Å². The second-order valence-corrected chi connectivity index (χ2v) is 10.5. The first-order valence-electron chi connectivity index (χ1n) is 14.1. The van der Waals surface area contributed by atoms with Gasteiger partial charge in [0.05, 0.1) is 23.3 Å². The van der Waals surface area contributed by atoms with Crippen LogP contribution in [0.3, 0.4) is 0 Å². The first-order chi connectivity index (χ1) is 20.4. The average Bonchev–Trinajstić information content (AvgIpc) is 3.01. The normalized spacial score (nSPS) is 14.8. The molecule has 3 aromatic rings. The van der Waals surface area contributed by atoms with Crippen molar-refractivity contribution >= 4 is 35.4 Å². The fourth-order valence-electron chi connectivity index (χ4n) is 5.12. The van der Waals surface area contributed by atoms with Gasteiger partial charge in [-0.2, -0.15) is 10.2 Å². The number of aliphatic hydroxyl groups excluding tert-OH is 2. The minimum atomic E-state index is -0.433. The molecule has 9 nitrogen and oxygen atoms in total. The number of ether oxygens (including phenoxy) is 1. The van der Waals surface area contributed by atoms with Crippen molar-refractivity contribution in [3.05, 3.63) is 71.1 Å². The Bertz CT molecular complexity index is 1360. The van der Waals surface area contributed by atoms with E-state index in [0.29, 0.717) is 47.3 Å². The highest BCUT2D eigenvalue weighted by Crippen LogP contribution is 2.32. The number of nitrogens with zero attached hydrogens (tertiary/aromatic N) is 5. The molecular weight excluding hydrogens is 559 g/mol. The molecule has 0 unspecified atom stereocenters. The Kier molecular flexibility index (Phi) is 11.8. The van der Waals surface area contributed by atoms with E-state index in [4.69, 9.17) is 16.3 Å². The summed E-state index contributed by atoms with van der Waals surface area (Å²) in [5.41, 5.74) is 3.50. The highest BCUT2D eigenvalue weighted by atomic mass is 35.5. The van der Waals surface area contributed by atoms with E-state index in [-0.39, 0.29) is 24.8 Å². The van der Waals surface area contributed by atoms with Gasteiger partial charge in [-0.3, -0.25) is 14.8 Å². The van der Waals surface area contributed by atoms with Gasteiger partial charge in [-0.05, 0) is 62.9 Å². The molecule has 0 spiro atoms. The van der Waals surface area contributed by atoms with Gasteiger partial charge in [0.15, 0.2) is 0 Å². The predicted octanol–water partition coefficient (Wildman–Crippen LogP) is 4.87. The van der Waals surface area contributed by atoms with E-state index in [9.17, 15) is 14.6 Å². The second kappa shape index (κ2) is 15.7. The molecule has 3 N–H and O–H groups in total. The number of hydrogen-bond acceptors (Lipinski definition) is 9. The van der Waals surface area contributed by atoms with Crippen LogP contribution in [-0.4, -0.2) is 95.5 Å². The minimum absolute atomic E-state index is 0.137. The Labute approximate surface area is 251 Å². The van der Waals surface area contributed by atoms with Crippen molar-refractivity contribution < 1.29 is 19.3 Å². The Morgan fingerprint density at radius 2 is 1.90 bits per heavy atom. The Morgan fingerprint density at radius 1 is 1.14 bits per heavy atom. The molecular formula is C31H38ClFN6O3. The lowest BCUT2D eigenvalue weighted by Crippen LogP contribution is -2.51. The Morgan fingerprint density at radius 3 is 2.60 bits per heavy atom. The van der Waals surface area contributed by atoms with Crippen molar-refractivity contribution in [1.82, 2.24) is 20.0 Å². The van der Waals surface area contributed by atoms with Crippen LogP contribution in [0.1, 0.15) is 25.3 Å². The molecule has 2 heterocycles. The number of nitrogens with one attached hydrogen (secondary N) is 1. The smallest absolute Gasteiger partial charge is 0.132 e. The molecule has 1 fully saturated rings. The van der Waals surface area contributed by atoms with Gasteiger partial charge >= 0.3 is 0 Å². The summed E-state index contributed by atoms with van der Waals surface area (Å²) in [6.07, 6.45) is 4.85. The van der Waals surface area contributed by atoms with Crippen LogP contribution >= 0.6 is 11.6 Å². The molecule has 1 aliphatic rings. The van der Waals surface area contributed by atoms with Crippen LogP contribution in [0.5, 0.6) is 5.75 Å². The van der Waals surface area contributed by atoms with Gasteiger partial charge < -0.3 is 20.3 Å². The average molecular weight is 597 g/mol. The lowest BCUT2D eigenvalue weighted by molar-refractivity contribution is 0.0642. The summed E-state index contributed by atoms with van der Waals surface area (Å²) in [5.74, 6) is 0.267. The van der Waals surface area contributed by atoms with E-state index in [0.717, 1.165) is 44.0 Å².